The van der Waals surface area contributed by atoms with Crippen LogP contribution in [0.25, 0.3) is 0 Å². The molecule has 0 N–H and O–H groups in total. The average molecular weight is 497 g/mol. The fourth-order valence-electron chi connectivity index (χ4n) is 3.01. The fourth-order valence-corrected chi connectivity index (χ4v) is 4.95. The third-order valence-corrected chi connectivity index (χ3v) is 7.36. The number of hydrogen-bond acceptors (Lipinski definition) is 8. The smallest absolute Gasteiger partial charge is 0.297 e. The maximum Gasteiger partial charge on any atom is 0.297 e. The molecule has 0 aromatic heterocycles. The van der Waals surface area contributed by atoms with Crippen LogP contribution < -0.4 is 0 Å². The summed E-state index contributed by atoms with van der Waals surface area (Å²) in [6, 6.07) is 12.6. The van der Waals surface area contributed by atoms with Crippen molar-refractivity contribution in [3.8, 4) is 0 Å². The molecule has 0 saturated heterocycles. The maximum absolute atomic E-state index is 12.7. The first-order chi connectivity index (χ1) is 15.5. The average Bonchev–Trinajstić information content (AvgIpc) is 2.74. The van der Waals surface area contributed by atoms with Crippen LogP contribution in [0.1, 0.15) is 25.0 Å². The van der Waals surface area contributed by atoms with Crippen molar-refractivity contribution in [1.29, 1.82) is 0 Å². The lowest BCUT2D eigenvalue weighted by Gasteiger charge is -2.32. The Kier molecular flexibility index (Phi) is 8.09. The third-order valence-electron chi connectivity index (χ3n) is 4.74. The van der Waals surface area contributed by atoms with Crippen molar-refractivity contribution in [2.45, 2.75) is 62.1 Å². The summed E-state index contributed by atoms with van der Waals surface area (Å²) in [5, 5.41) is 0. The predicted molar refractivity (Wildman–Crippen MR) is 122 cm³/mol. The van der Waals surface area contributed by atoms with E-state index in [1.54, 1.807) is 38.1 Å². The summed E-state index contributed by atoms with van der Waals surface area (Å²) in [5.74, 6) is 0. The highest BCUT2D eigenvalue weighted by Gasteiger charge is 2.34. The Morgan fingerprint density at radius 2 is 1.33 bits per heavy atom. The topological polar surface area (TPSA) is 105 Å². The molecule has 1 heterocycles. The molecule has 2 aromatic rings. The Morgan fingerprint density at radius 3 is 1.85 bits per heavy atom. The van der Waals surface area contributed by atoms with E-state index in [1.807, 2.05) is 13.8 Å². The maximum atomic E-state index is 12.7. The van der Waals surface area contributed by atoms with Crippen molar-refractivity contribution in [3.63, 3.8) is 0 Å². The Hall–Kier alpha value is -2.08. The molecule has 0 radical (unpaired) electrons. The summed E-state index contributed by atoms with van der Waals surface area (Å²) >= 11 is 0. The standard InChI is InChI=1S/C23H28O8S2/c1-16(2)29-23-22(31-33(26,27)21-12-7-18(4)8-13-21)14-9-19(30-23)15-28-32(24,25)20-10-5-17(3)6-11-20/h5-14,16,19,22-23H,15H2,1-4H3/t19-,22+,23-/m0/s1. The lowest BCUT2D eigenvalue weighted by atomic mass is 10.2. The largest absolute Gasteiger partial charge is 0.347 e. The van der Waals surface area contributed by atoms with Gasteiger partial charge in [0, 0.05) is 0 Å². The van der Waals surface area contributed by atoms with Crippen LogP contribution in [0.2, 0.25) is 0 Å². The van der Waals surface area contributed by atoms with E-state index in [0.29, 0.717) is 0 Å². The summed E-state index contributed by atoms with van der Waals surface area (Å²) < 4.78 is 72.2. The fraction of sp³-hybridized carbons (Fsp3) is 0.391. The number of ether oxygens (including phenoxy) is 2. The quantitative estimate of drug-likeness (QED) is 0.384. The Morgan fingerprint density at radius 1 is 0.818 bits per heavy atom. The van der Waals surface area contributed by atoms with E-state index in [0.717, 1.165) is 11.1 Å². The van der Waals surface area contributed by atoms with E-state index >= 15 is 0 Å². The Bertz CT molecular complexity index is 1170. The van der Waals surface area contributed by atoms with Crippen molar-refractivity contribution >= 4 is 20.2 Å². The van der Waals surface area contributed by atoms with Crippen LogP contribution in [0.3, 0.4) is 0 Å². The molecule has 10 heteroatoms. The van der Waals surface area contributed by atoms with E-state index < -0.39 is 38.7 Å². The van der Waals surface area contributed by atoms with Crippen LogP contribution >= 0.6 is 0 Å². The molecule has 0 unspecified atom stereocenters. The highest BCUT2D eigenvalue weighted by molar-refractivity contribution is 7.87. The molecule has 33 heavy (non-hydrogen) atoms. The SMILES string of the molecule is Cc1ccc(S(=O)(=O)OC[C@@H]2C=C[C@@H](OS(=O)(=O)c3ccc(C)cc3)[C@@H](OC(C)C)O2)cc1. The first-order valence-corrected chi connectivity index (χ1v) is 13.2. The molecule has 3 rings (SSSR count). The van der Waals surface area contributed by atoms with Crippen LogP contribution in [0.15, 0.2) is 70.5 Å². The molecule has 0 bridgehead atoms. The summed E-state index contributed by atoms with van der Waals surface area (Å²) in [4.78, 5) is 0.0488. The van der Waals surface area contributed by atoms with Crippen LogP contribution in [0.4, 0.5) is 0 Å². The summed E-state index contributed by atoms with van der Waals surface area (Å²) in [7, 11) is -8.06. The molecule has 0 saturated carbocycles. The Balaban J connectivity index is 1.71. The van der Waals surface area contributed by atoms with E-state index in [4.69, 9.17) is 17.8 Å². The first-order valence-electron chi connectivity index (χ1n) is 10.4. The molecule has 8 nitrogen and oxygen atoms in total. The van der Waals surface area contributed by atoms with Crippen molar-refractivity contribution in [2.75, 3.05) is 6.61 Å². The second-order valence-corrected chi connectivity index (χ2v) is 11.2. The van der Waals surface area contributed by atoms with E-state index in [9.17, 15) is 16.8 Å². The molecule has 180 valence electrons. The molecule has 0 aliphatic carbocycles. The third kappa shape index (κ3) is 6.95. The highest BCUT2D eigenvalue weighted by Crippen LogP contribution is 2.24. The Labute approximate surface area is 195 Å². The van der Waals surface area contributed by atoms with Crippen molar-refractivity contribution in [3.05, 3.63) is 71.8 Å². The molecule has 0 amide bonds. The lowest BCUT2D eigenvalue weighted by molar-refractivity contribution is -0.216. The molecular weight excluding hydrogens is 468 g/mol. The van der Waals surface area contributed by atoms with Gasteiger partial charge in [0.05, 0.1) is 22.5 Å². The zero-order valence-electron chi connectivity index (χ0n) is 18.9. The predicted octanol–water partition coefficient (Wildman–Crippen LogP) is 3.49. The molecule has 3 atom stereocenters. The van der Waals surface area contributed by atoms with Crippen LogP contribution in [-0.4, -0.2) is 48.0 Å². The monoisotopic (exact) mass is 496 g/mol. The van der Waals surface area contributed by atoms with Gasteiger partial charge in [0.1, 0.15) is 12.2 Å². The molecule has 1 aliphatic heterocycles. The van der Waals surface area contributed by atoms with Crippen LogP contribution in [0, 0.1) is 13.8 Å². The van der Waals surface area contributed by atoms with E-state index in [-0.39, 0.29) is 22.5 Å². The minimum absolute atomic E-state index is 0.0134. The molecule has 2 aromatic carbocycles. The summed E-state index contributed by atoms with van der Waals surface area (Å²) in [6.45, 7) is 6.93. The van der Waals surface area contributed by atoms with Gasteiger partial charge in [0.15, 0.2) is 6.29 Å². The van der Waals surface area contributed by atoms with Gasteiger partial charge in [-0.2, -0.15) is 16.8 Å². The number of aryl methyl sites for hydroxylation is 2. The van der Waals surface area contributed by atoms with Gasteiger partial charge in [0.2, 0.25) is 0 Å². The zero-order chi connectivity index (χ0) is 24.2. The van der Waals surface area contributed by atoms with Crippen molar-refractivity contribution in [2.24, 2.45) is 0 Å². The molecular formula is C23H28O8S2. The second kappa shape index (κ2) is 10.5. The highest BCUT2D eigenvalue weighted by atomic mass is 32.2. The van der Waals surface area contributed by atoms with Crippen molar-refractivity contribution < 1.29 is 34.7 Å². The first kappa shape index (κ1) is 25.5. The van der Waals surface area contributed by atoms with Crippen molar-refractivity contribution in [1.82, 2.24) is 0 Å². The van der Waals surface area contributed by atoms with Gasteiger partial charge in [-0.3, -0.25) is 8.37 Å². The second-order valence-electron chi connectivity index (χ2n) is 7.99. The van der Waals surface area contributed by atoms with Gasteiger partial charge in [-0.1, -0.05) is 47.5 Å². The summed E-state index contributed by atoms with van der Waals surface area (Å²) in [6.07, 6.45) is -0.229. The number of hydrogen-bond donors (Lipinski definition) is 0. The molecule has 1 aliphatic rings. The van der Waals surface area contributed by atoms with Crippen LogP contribution in [-0.2, 0) is 38.1 Å². The van der Waals surface area contributed by atoms with Gasteiger partial charge in [-0.25, -0.2) is 0 Å². The van der Waals surface area contributed by atoms with Crippen LogP contribution in [0.5, 0.6) is 0 Å². The lowest BCUT2D eigenvalue weighted by Crippen LogP contribution is -2.42. The number of benzene rings is 2. The minimum atomic E-state index is -4.08. The minimum Gasteiger partial charge on any atom is -0.347 e. The van der Waals surface area contributed by atoms with Gasteiger partial charge in [-0.05, 0) is 52.0 Å². The molecule has 0 spiro atoms. The number of rotatable bonds is 9. The van der Waals surface area contributed by atoms with E-state index in [1.165, 1.54) is 36.4 Å². The normalized spacial score (nSPS) is 21.4. The van der Waals surface area contributed by atoms with E-state index in [2.05, 4.69) is 0 Å². The van der Waals surface area contributed by atoms with Gasteiger partial charge >= 0.3 is 0 Å². The molecule has 0 fully saturated rings. The van der Waals surface area contributed by atoms with Gasteiger partial charge in [0.25, 0.3) is 20.2 Å². The van der Waals surface area contributed by atoms with Gasteiger partial charge < -0.3 is 9.47 Å². The van der Waals surface area contributed by atoms with Gasteiger partial charge in [-0.15, -0.1) is 0 Å². The zero-order valence-corrected chi connectivity index (χ0v) is 20.5. The summed E-state index contributed by atoms with van der Waals surface area (Å²) in [5.41, 5.74) is 1.84.